The number of nitrogens with zero attached hydrogens (tertiary/aromatic N) is 2. The number of para-hydroxylation sites is 2. The zero-order chi connectivity index (χ0) is 42.6. The molecule has 2 heterocycles. The summed E-state index contributed by atoms with van der Waals surface area (Å²) in [6.45, 7) is 17.5. The molecule has 11 aromatic rings. The highest BCUT2D eigenvalue weighted by atomic mass is 16.3. The van der Waals surface area contributed by atoms with Gasteiger partial charge in [0.25, 0.3) is 0 Å². The topological polar surface area (TPSA) is 32.8 Å². The molecule has 0 bridgehead atoms. The molecule has 0 fully saturated rings. The summed E-state index contributed by atoms with van der Waals surface area (Å²) in [6, 6.07) is 53.1. The van der Waals surface area contributed by atoms with Crippen molar-refractivity contribution in [3.63, 3.8) is 0 Å². The van der Waals surface area contributed by atoms with Crippen molar-refractivity contribution in [3.05, 3.63) is 190 Å². The minimum absolute atomic E-state index is 0.872. The SMILES string of the molecule is Cc1ccccc1N(c1ccc2cc3c(cc2c1)oc1c(C)c(C)c2oc4cc5cc(N(c6ccccc6C)c6cccc(C)c6C)ccc5cc4c2c13)c1cccc(C)c1C. The predicted octanol–water partition coefficient (Wildman–Crippen LogP) is 17.2. The van der Waals surface area contributed by atoms with Gasteiger partial charge in [-0.05, 0) is 194 Å². The molecule has 0 saturated carbocycles. The molecule has 302 valence electrons. The highest BCUT2D eigenvalue weighted by molar-refractivity contribution is 6.29. The molecule has 0 N–H and O–H groups in total. The quantitative estimate of drug-likeness (QED) is 0.168. The molecule has 0 amide bonds. The van der Waals surface area contributed by atoms with Gasteiger partial charge in [0.15, 0.2) is 0 Å². The Morgan fingerprint density at radius 1 is 0.323 bits per heavy atom. The van der Waals surface area contributed by atoms with Crippen LogP contribution in [0.2, 0.25) is 0 Å². The molecule has 0 aliphatic rings. The van der Waals surface area contributed by atoms with Crippen LogP contribution in [-0.4, -0.2) is 0 Å². The van der Waals surface area contributed by atoms with Crippen molar-refractivity contribution in [1.82, 2.24) is 0 Å². The molecule has 2 aromatic heterocycles. The Morgan fingerprint density at radius 3 is 1.13 bits per heavy atom. The molecule has 9 aromatic carbocycles. The molecule has 4 nitrogen and oxygen atoms in total. The van der Waals surface area contributed by atoms with Gasteiger partial charge in [-0.25, -0.2) is 0 Å². The standard InChI is InChI=1S/C58H48N2O2/c1-33-17-13-21-51(37(33)5)59(49-19-11-9-15-35(49)3)45-25-23-41-29-47-53(31-43(41)27-45)61-57-39(7)40(8)58-56(55(47)57)48-30-42-24-26-46(28-44(42)32-54(48)62-58)60(50-20-12-10-16-36(50)4)52-22-14-18-34(2)38(52)6/h9-32H,1-8H3. The van der Waals surface area contributed by atoms with Gasteiger partial charge >= 0.3 is 0 Å². The summed E-state index contributed by atoms with van der Waals surface area (Å²) in [6.07, 6.45) is 0. The summed E-state index contributed by atoms with van der Waals surface area (Å²) < 4.78 is 13.8. The normalized spacial score (nSPS) is 11.9. The zero-order valence-electron chi connectivity index (χ0n) is 36.6. The Hall–Kier alpha value is -7.30. The van der Waals surface area contributed by atoms with Crippen molar-refractivity contribution < 1.29 is 8.83 Å². The number of aryl methyl sites for hydroxylation is 6. The van der Waals surface area contributed by atoms with Gasteiger partial charge in [-0.3, -0.25) is 0 Å². The molecule has 0 aliphatic carbocycles. The van der Waals surface area contributed by atoms with Crippen molar-refractivity contribution in [2.24, 2.45) is 0 Å². The van der Waals surface area contributed by atoms with Gasteiger partial charge in [0, 0.05) is 55.7 Å². The Morgan fingerprint density at radius 2 is 0.710 bits per heavy atom. The zero-order valence-corrected chi connectivity index (χ0v) is 36.6. The van der Waals surface area contributed by atoms with E-state index in [1.54, 1.807) is 0 Å². The van der Waals surface area contributed by atoms with Crippen LogP contribution in [0.15, 0.2) is 154 Å². The lowest BCUT2D eigenvalue weighted by Crippen LogP contribution is -2.13. The van der Waals surface area contributed by atoms with E-state index >= 15 is 0 Å². The lowest BCUT2D eigenvalue weighted by molar-refractivity contribution is 0.657. The molecule has 11 rings (SSSR count). The van der Waals surface area contributed by atoms with Crippen molar-refractivity contribution in [1.29, 1.82) is 0 Å². The van der Waals surface area contributed by atoms with E-state index in [4.69, 9.17) is 8.83 Å². The van der Waals surface area contributed by atoms with E-state index in [9.17, 15) is 0 Å². The lowest BCUT2D eigenvalue weighted by Gasteiger charge is -2.29. The Bertz CT molecular complexity index is 3400. The van der Waals surface area contributed by atoms with E-state index in [1.807, 2.05) is 0 Å². The first-order chi connectivity index (χ1) is 30.0. The number of anilines is 6. The van der Waals surface area contributed by atoms with E-state index in [-0.39, 0.29) is 0 Å². The Balaban J connectivity index is 1.09. The average molecular weight is 805 g/mol. The van der Waals surface area contributed by atoms with Crippen LogP contribution in [0.3, 0.4) is 0 Å². The smallest absolute Gasteiger partial charge is 0.139 e. The maximum atomic E-state index is 6.90. The van der Waals surface area contributed by atoms with Crippen LogP contribution in [-0.2, 0) is 0 Å². The van der Waals surface area contributed by atoms with Crippen LogP contribution in [0.1, 0.15) is 44.5 Å². The minimum Gasteiger partial charge on any atom is -0.456 e. The van der Waals surface area contributed by atoms with Crippen LogP contribution in [0, 0.1) is 55.4 Å². The number of hydrogen-bond acceptors (Lipinski definition) is 4. The van der Waals surface area contributed by atoms with E-state index in [1.165, 1.54) is 56.1 Å². The van der Waals surface area contributed by atoms with E-state index in [0.29, 0.717) is 0 Å². The summed E-state index contributed by atoms with van der Waals surface area (Å²) in [7, 11) is 0. The molecule has 4 heteroatoms. The fourth-order valence-electron chi connectivity index (χ4n) is 9.70. The molecule has 0 aliphatic heterocycles. The van der Waals surface area contributed by atoms with Gasteiger partial charge < -0.3 is 18.6 Å². The van der Waals surface area contributed by atoms with Gasteiger partial charge in [-0.1, -0.05) is 72.8 Å². The van der Waals surface area contributed by atoms with Crippen molar-refractivity contribution >= 4 is 99.5 Å². The molecule has 62 heavy (non-hydrogen) atoms. The van der Waals surface area contributed by atoms with Gasteiger partial charge in [0.1, 0.15) is 22.3 Å². The molecule has 0 radical (unpaired) electrons. The molecule has 0 saturated heterocycles. The Labute approximate surface area is 362 Å². The maximum absolute atomic E-state index is 6.90. The second-order valence-electron chi connectivity index (χ2n) is 17.3. The van der Waals surface area contributed by atoms with Crippen molar-refractivity contribution in [3.8, 4) is 0 Å². The number of hydrogen-bond donors (Lipinski definition) is 0. The molecule has 0 unspecified atom stereocenters. The second kappa shape index (κ2) is 14.1. The van der Waals surface area contributed by atoms with Crippen LogP contribution < -0.4 is 9.80 Å². The molecular formula is C58H48N2O2. The van der Waals surface area contributed by atoms with Crippen LogP contribution in [0.4, 0.5) is 34.1 Å². The summed E-state index contributed by atoms with van der Waals surface area (Å²) in [4.78, 5) is 4.79. The third-order valence-electron chi connectivity index (χ3n) is 13.6. The highest BCUT2D eigenvalue weighted by Crippen LogP contribution is 2.47. The minimum atomic E-state index is 0.872. The van der Waals surface area contributed by atoms with Crippen molar-refractivity contribution in [2.45, 2.75) is 55.4 Å². The number of rotatable bonds is 6. The lowest BCUT2D eigenvalue weighted by atomic mass is 9.96. The Kier molecular flexibility index (Phi) is 8.59. The van der Waals surface area contributed by atoms with Crippen molar-refractivity contribution in [2.75, 3.05) is 9.80 Å². The van der Waals surface area contributed by atoms with Gasteiger partial charge in [-0.15, -0.1) is 0 Å². The van der Waals surface area contributed by atoms with Crippen LogP contribution in [0.25, 0.3) is 65.4 Å². The largest absolute Gasteiger partial charge is 0.456 e. The third kappa shape index (κ3) is 5.74. The van der Waals surface area contributed by atoms with E-state index in [0.717, 1.165) is 87.9 Å². The molecular weight excluding hydrogens is 757 g/mol. The summed E-state index contributed by atoms with van der Waals surface area (Å²) in [5.41, 5.74) is 20.2. The van der Waals surface area contributed by atoms with Gasteiger partial charge in [-0.2, -0.15) is 0 Å². The fraction of sp³-hybridized carbons (Fsp3) is 0.138. The first-order valence-electron chi connectivity index (χ1n) is 21.6. The van der Waals surface area contributed by atoms with E-state index in [2.05, 4.69) is 211 Å². The summed E-state index contributed by atoms with van der Waals surface area (Å²) >= 11 is 0. The number of fused-ring (bicyclic) bond motifs is 9. The average Bonchev–Trinajstić information content (AvgIpc) is 3.83. The van der Waals surface area contributed by atoms with Gasteiger partial charge in [0.2, 0.25) is 0 Å². The second-order valence-corrected chi connectivity index (χ2v) is 17.3. The monoisotopic (exact) mass is 804 g/mol. The summed E-state index contributed by atoms with van der Waals surface area (Å²) in [5, 5.41) is 8.99. The fourth-order valence-corrected chi connectivity index (χ4v) is 9.70. The number of furan rings is 2. The number of benzene rings is 9. The maximum Gasteiger partial charge on any atom is 0.139 e. The predicted molar refractivity (Wildman–Crippen MR) is 263 cm³/mol. The first-order valence-corrected chi connectivity index (χ1v) is 21.6. The summed E-state index contributed by atoms with van der Waals surface area (Å²) in [5.74, 6) is 0. The molecule has 0 spiro atoms. The third-order valence-corrected chi connectivity index (χ3v) is 13.6. The van der Waals surface area contributed by atoms with Crippen LogP contribution >= 0.6 is 0 Å². The van der Waals surface area contributed by atoms with Gasteiger partial charge in [0.05, 0.1) is 0 Å². The van der Waals surface area contributed by atoms with Crippen LogP contribution in [0.5, 0.6) is 0 Å². The highest BCUT2D eigenvalue weighted by Gasteiger charge is 2.24. The van der Waals surface area contributed by atoms with E-state index < -0.39 is 0 Å². The molecule has 0 atom stereocenters. The first kappa shape index (κ1) is 37.7.